The van der Waals surface area contributed by atoms with Crippen LogP contribution in [0.2, 0.25) is 0 Å². The molecule has 194 valence electrons. The van der Waals surface area contributed by atoms with Gasteiger partial charge in [-0.3, -0.25) is 28.3 Å². The number of aryl methyl sites for hydroxylation is 1. The predicted molar refractivity (Wildman–Crippen MR) is 131 cm³/mol. The molecule has 35 heavy (non-hydrogen) atoms. The fourth-order valence-corrected chi connectivity index (χ4v) is 5.44. The van der Waals surface area contributed by atoms with Crippen LogP contribution in [0.15, 0.2) is 14.7 Å². The Morgan fingerprint density at radius 3 is 2.40 bits per heavy atom. The smallest absolute Gasteiger partial charge is 0.331 e. The molecule has 0 aliphatic carbocycles. The molecular weight excluding hydrogens is 500 g/mol. The van der Waals surface area contributed by atoms with E-state index in [0.29, 0.717) is 31.3 Å². The maximum absolute atomic E-state index is 12.3. The molecule has 0 spiro atoms. The number of aromatic nitrogens is 4. The molecule has 3 rings (SSSR count). The van der Waals surface area contributed by atoms with E-state index in [1.165, 1.54) is 23.6 Å². The lowest BCUT2D eigenvalue weighted by atomic mass is 10.3. The largest absolute Gasteiger partial charge is 0.332 e. The monoisotopic (exact) mass is 530 g/mol. The van der Waals surface area contributed by atoms with E-state index in [2.05, 4.69) is 14.7 Å². The third kappa shape index (κ3) is 6.43. The van der Waals surface area contributed by atoms with Gasteiger partial charge in [-0.1, -0.05) is 11.8 Å². The highest BCUT2D eigenvalue weighted by Crippen LogP contribution is 2.17. The van der Waals surface area contributed by atoms with Gasteiger partial charge in [-0.25, -0.2) is 23.0 Å². The average molecular weight is 531 g/mol. The maximum atomic E-state index is 12.3. The molecule has 2 N–H and O–H groups in total. The second-order valence-electron chi connectivity index (χ2n) is 8.39. The number of sulfonamides is 1. The normalized spacial score (nSPS) is 14.9. The molecule has 0 radical (unpaired) electrons. The number of piperazine rings is 1. The Morgan fingerprint density at radius 1 is 1.11 bits per heavy atom. The summed E-state index contributed by atoms with van der Waals surface area (Å²) in [4.78, 5) is 60.6. The predicted octanol–water partition coefficient (Wildman–Crippen LogP) is -1.81. The summed E-state index contributed by atoms with van der Waals surface area (Å²) in [5.74, 6) is -0.649. The van der Waals surface area contributed by atoms with Crippen LogP contribution >= 0.6 is 11.8 Å². The van der Waals surface area contributed by atoms with E-state index in [9.17, 15) is 27.6 Å². The lowest BCUT2D eigenvalue weighted by molar-refractivity contribution is -0.118. The van der Waals surface area contributed by atoms with E-state index in [1.807, 2.05) is 4.90 Å². The number of urea groups is 1. The number of rotatable bonds is 8. The number of aromatic amines is 1. The first-order valence-electron chi connectivity index (χ1n) is 10.9. The molecule has 0 aromatic carbocycles. The maximum Gasteiger partial charge on any atom is 0.332 e. The summed E-state index contributed by atoms with van der Waals surface area (Å²) in [7, 11) is 2.44. The number of carbonyl (C=O) groups excluding carboxylic acids is 2. The van der Waals surface area contributed by atoms with E-state index < -0.39 is 27.2 Å². The van der Waals surface area contributed by atoms with Crippen molar-refractivity contribution in [1.82, 2.24) is 38.5 Å². The van der Waals surface area contributed by atoms with Gasteiger partial charge in [0.25, 0.3) is 5.56 Å². The molecule has 1 aliphatic heterocycles. The number of hydrogen-bond acceptors (Lipinski definition) is 9. The zero-order valence-electron chi connectivity index (χ0n) is 20.1. The third-order valence-electron chi connectivity index (χ3n) is 5.61. The van der Waals surface area contributed by atoms with Gasteiger partial charge in [-0.2, -0.15) is 0 Å². The summed E-state index contributed by atoms with van der Waals surface area (Å²) in [5.41, 5.74) is -0.619. The van der Waals surface area contributed by atoms with Gasteiger partial charge >= 0.3 is 11.7 Å². The Labute approximate surface area is 206 Å². The number of thioether (sulfide) groups is 1. The van der Waals surface area contributed by atoms with Gasteiger partial charge in [0, 0.05) is 73.1 Å². The van der Waals surface area contributed by atoms with Crippen molar-refractivity contribution in [3.63, 3.8) is 0 Å². The summed E-state index contributed by atoms with van der Waals surface area (Å²) >= 11 is 1.14. The van der Waals surface area contributed by atoms with Gasteiger partial charge in [0.2, 0.25) is 15.9 Å². The second kappa shape index (κ2) is 10.8. The van der Waals surface area contributed by atoms with Gasteiger partial charge in [0.1, 0.15) is 0 Å². The summed E-state index contributed by atoms with van der Waals surface area (Å²) in [6.45, 7) is 2.41. The first-order valence-corrected chi connectivity index (χ1v) is 13.5. The minimum atomic E-state index is -3.80. The molecule has 0 saturated carbocycles. The van der Waals surface area contributed by atoms with Crippen LogP contribution in [0.5, 0.6) is 0 Å². The van der Waals surface area contributed by atoms with Crippen LogP contribution in [0.25, 0.3) is 11.2 Å². The van der Waals surface area contributed by atoms with Gasteiger partial charge in [-0.15, -0.1) is 0 Å². The lowest BCUT2D eigenvalue weighted by Crippen LogP contribution is -2.52. The SMILES string of the molecule is CN(C)C(=O)N1CCN(CCS(=O)(=O)NC(=O)CCSc2nc3c([nH]2)c(=O)n(C)c(=O)n3C)CC1. The first kappa shape index (κ1) is 26.7. The molecule has 0 atom stereocenters. The van der Waals surface area contributed by atoms with Crippen molar-refractivity contribution in [1.29, 1.82) is 0 Å². The Morgan fingerprint density at radius 2 is 1.77 bits per heavy atom. The number of amides is 3. The molecule has 0 unspecified atom stereocenters. The topological polar surface area (TPSA) is 163 Å². The van der Waals surface area contributed by atoms with Gasteiger partial charge in [0.15, 0.2) is 16.3 Å². The number of H-pyrrole nitrogens is 1. The number of nitrogens with one attached hydrogen (secondary N) is 2. The Hall–Kier alpha value is -2.85. The molecule has 14 nitrogen and oxygen atoms in total. The van der Waals surface area contributed by atoms with Crippen molar-refractivity contribution >= 4 is 44.9 Å². The van der Waals surface area contributed by atoms with E-state index >= 15 is 0 Å². The van der Waals surface area contributed by atoms with Gasteiger partial charge in [-0.05, 0) is 0 Å². The highest BCUT2D eigenvalue weighted by atomic mass is 32.2. The van der Waals surface area contributed by atoms with Crippen molar-refractivity contribution in [2.24, 2.45) is 14.1 Å². The number of nitrogens with zero attached hydrogens (tertiary/aromatic N) is 6. The third-order valence-corrected chi connectivity index (χ3v) is 7.75. The zero-order valence-corrected chi connectivity index (χ0v) is 21.7. The van der Waals surface area contributed by atoms with Crippen LogP contribution in [0, 0.1) is 0 Å². The van der Waals surface area contributed by atoms with Gasteiger partial charge in [0.05, 0.1) is 5.75 Å². The van der Waals surface area contributed by atoms with Crippen molar-refractivity contribution in [2.75, 3.05) is 58.3 Å². The van der Waals surface area contributed by atoms with Crippen LogP contribution in [-0.4, -0.2) is 112 Å². The zero-order chi connectivity index (χ0) is 25.9. The number of carbonyl (C=O) groups is 2. The fourth-order valence-electron chi connectivity index (χ4n) is 3.58. The molecule has 1 fully saturated rings. The minimum Gasteiger partial charge on any atom is -0.331 e. The summed E-state index contributed by atoms with van der Waals surface area (Å²) in [6.07, 6.45) is -0.0802. The Balaban J connectivity index is 1.44. The van der Waals surface area contributed by atoms with Gasteiger partial charge < -0.3 is 14.8 Å². The van der Waals surface area contributed by atoms with E-state index in [1.54, 1.807) is 19.0 Å². The van der Waals surface area contributed by atoms with Crippen molar-refractivity contribution in [3.8, 4) is 0 Å². The standard InChI is InChI=1S/C19H30N8O6S2/c1-23(2)18(30)27-8-6-26(7-9-27)10-12-35(32,33)22-13(28)5-11-34-17-20-14-15(21-17)24(3)19(31)25(4)16(14)29/h5-12H2,1-4H3,(H,20,21)(H,22,28). The quantitative estimate of drug-likeness (QED) is 0.375. The summed E-state index contributed by atoms with van der Waals surface area (Å²) in [5, 5.41) is 0.348. The summed E-state index contributed by atoms with van der Waals surface area (Å²) < 4.78 is 28.9. The van der Waals surface area contributed by atoms with E-state index in [4.69, 9.17) is 0 Å². The minimum absolute atomic E-state index is 0.0726. The first-order chi connectivity index (χ1) is 16.4. The highest BCUT2D eigenvalue weighted by Gasteiger charge is 2.24. The number of imidazole rings is 1. The number of hydrogen-bond donors (Lipinski definition) is 2. The fraction of sp³-hybridized carbons (Fsp3) is 0.632. The molecular formula is C19H30N8O6S2. The van der Waals surface area contributed by atoms with Crippen LogP contribution in [0.3, 0.4) is 0 Å². The molecule has 1 saturated heterocycles. The van der Waals surface area contributed by atoms with Crippen molar-refractivity contribution in [3.05, 3.63) is 20.8 Å². The molecule has 2 aromatic heterocycles. The molecule has 0 bridgehead atoms. The summed E-state index contributed by atoms with van der Waals surface area (Å²) in [6, 6.07) is -0.0726. The van der Waals surface area contributed by atoms with Crippen LogP contribution in [-0.2, 0) is 28.9 Å². The lowest BCUT2D eigenvalue weighted by Gasteiger charge is -2.35. The molecule has 1 aliphatic rings. The molecule has 3 amide bonds. The van der Waals surface area contributed by atoms with Crippen molar-refractivity contribution < 1.29 is 18.0 Å². The number of fused-ring (bicyclic) bond motifs is 1. The Bertz CT molecular complexity index is 1320. The second-order valence-corrected chi connectivity index (χ2v) is 11.3. The van der Waals surface area contributed by atoms with E-state index in [-0.39, 0.29) is 41.7 Å². The van der Waals surface area contributed by atoms with Crippen LogP contribution in [0.4, 0.5) is 4.79 Å². The molecule has 2 aromatic rings. The average Bonchev–Trinajstić information content (AvgIpc) is 3.24. The van der Waals surface area contributed by atoms with Crippen LogP contribution in [0.1, 0.15) is 6.42 Å². The Kier molecular flexibility index (Phi) is 8.27. The van der Waals surface area contributed by atoms with Crippen LogP contribution < -0.4 is 16.0 Å². The van der Waals surface area contributed by atoms with E-state index in [0.717, 1.165) is 16.3 Å². The molecule has 16 heteroatoms. The molecule has 3 heterocycles. The van der Waals surface area contributed by atoms with Crippen molar-refractivity contribution in [2.45, 2.75) is 11.6 Å². The highest BCUT2D eigenvalue weighted by molar-refractivity contribution is 7.99.